The van der Waals surface area contributed by atoms with Crippen molar-refractivity contribution in [1.29, 1.82) is 0 Å². The maximum atomic E-state index is 12.2. The van der Waals surface area contributed by atoms with Gasteiger partial charge in [0.25, 0.3) is 0 Å². The van der Waals surface area contributed by atoms with Crippen molar-refractivity contribution in [3.63, 3.8) is 0 Å². The first-order valence-corrected chi connectivity index (χ1v) is 7.50. The highest BCUT2D eigenvalue weighted by Gasteiger charge is 2.15. The second-order valence-corrected chi connectivity index (χ2v) is 5.33. The van der Waals surface area contributed by atoms with Gasteiger partial charge in [0.1, 0.15) is 5.75 Å². The lowest BCUT2D eigenvalue weighted by Gasteiger charge is -2.13. The van der Waals surface area contributed by atoms with Crippen LogP contribution < -0.4 is 10.1 Å². The fraction of sp³-hybridized carbons (Fsp3) is 0.389. The summed E-state index contributed by atoms with van der Waals surface area (Å²) in [7, 11) is 3.32. The van der Waals surface area contributed by atoms with E-state index in [-0.39, 0.29) is 11.8 Å². The van der Waals surface area contributed by atoms with E-state index in [9.17, 15) is 4.79 Å². The Kier molecular flexibility index (Phi) is 5.78. The quantitative estimate of drug-likeness (QED) is 0.799. The zero-order chi connectivity index (χ0) is 15.9. The molecule has 0 saturated heterocycles. The van der Waals surface area contributed by atoms with Crippen LogP contribution in [0.2, 0.25) is 0 Å². The van der Waals surface area contributed by atoms with Gasteiger partial charge in [0.2, 0.25) is 5.91 Å². The summed E-state index contributed by atoms with van der Waals surface area (Å²) in [5.41, 5.74) is 1.02. The third-order valence-electron chi connectivity index (χ3n) is 3.79. The van der Waals surface area contributed by atoms with Gasteiger partial charge >= 0.3 is 0 Å². The maximum absolute atomic E-state index is 12.2. The molecule has 0 unspecified atom stereocenters. The minimum Gasteiger partial charge on any atom is -0.497 e. The Bertz CT molecular complexity index is 639. The first-order valence-electron chi connectivity index (χ1n) is 7.50. The number of methoxy groups -OCH3 is 2. The van der Waals surface area contributed by atoms with Crippen LogP contribution in [0.25, 0.3) is 10.8 Å². The largest absolute Gasteiger partial charge is 0.497 e. The second-order valence-electron chi connectivity index (χ2n) is 5.33. The topological polar surface area (TPSA) is 47.6 Å². The summed E-state index contributed by atoms with van der Waals surface area (Å²) in [5, 5.41) is 5.16. The summed E-state index contributed by atoms with van der Waals surface area (Å²) in [5.74, 6) is 0.710. The van der Waals surface area contributed by atoms with Gasteiger partial charge < -0.3 is 14.8 Å². The van der Waals surface area contributed by atoms with Gasteiger partial charge in [-0.15, -0.1) is 0 Å². The Balaban J connectivity index is 2.07. The molecule has 0 aliphatic carbocycles. The number of amides is 1. The summed E-state index contributed by atoms with van der Waals surface area (Å²) < 4.78 is 10.2. The van der Waals surface area contributed by atoms with E-state index in [0.29, 0.717) is 13.2 Å². The molecule has 0 aromatic heterocycles. The minimum atomic E-state index is -0.172. The number of benzene rings is 2. The number of nitrogens with one attached hydrogen (secondary N) is 1. The van der Waals surface area contributed by atoms with Crippen LogP contribution in [-0.2, 0) is 9.53 Å². The first-order chi connectivity index (χ1) is 10.7. The summed E-state index contributed by atoms with van der Waals surface area (Å²) in [6.07, 6.45) is 0.826. The molecule has 0 aliphatic rings. The van der Waals surface area contributed by atoms with Crippen LogP contribution in [0.5, 0.6) is 5.75 Å². The SMILES string of the molecule is COCCCNC(=O)[C@@H](C)c1ccc2cc(OC)ccc2c1. The number of ether oxygens (including phenoxy) is 2. The van der Waals surface area contributed by atoms with Crippen LogP contribution in [0.4, 0.5) is 0 Å². The van der Waals surface area contributed by atoms with Crippen LogP contribution in [-0.4, -0.2) is 33.3 Å². The van der Waals surface area contributed by atoms with E-state index in [4.69, 9.17) is 9.47 Å². The molecule has 1 atom stereocenters. The van der Waals surface area contributed by atoms with Gasteiger partial charge in [0.15, 0.2) is 0 Å². The Morgan fingerprint density at radius 1 is 1.14 bits per heavy atom. The zero-order valence-electron chi connectivity index (χ0n) is 13.4. The van der Waals surface area contributed by atoms with Gasteiger partial charge in [-0.3, -0.25) is 4.79 Å². The molecule has 0 saturated carbocycles. The van der Waals surface area contributed by atoms with Crippen molar-refractivity contribution in [2.45, 2.75) is 19.3 Å². The smallest absolute Gasteiger partial charge is 0.227 e. The van der Waals surface area contributed by atoms with Crippen molar-refractivity contribution < 1.29 is 14.3 Å². The molecule has 118 valence electrons. The fourth-order valence-electron chi connectivity index (χ4n) is 2.37. The van der Waals surface area contributed by atoms with E-state index >= 15 is 0 Å². The lowest BCUT2D eigenvalue weighted by molar-refractivity contribution is -0.122. The second kappa shape index (κ2) is 7.80. The Labute approximate surface area is 131 Å². The lowest BCUT2D eigenvalue weighted by atomic mass is 9.97. The van der Waals surface area contributed by atoms with E-state index in [0.717, 1.165) is 28.5 Å². The average Bonchev–Trinajstić information content (AvgIpc) is 2.56. The zero-order valence-corrected chi connectivity index (χ0v) is 13.4. The first kappa shape index (κ1) is 16.3. The van der Waals surface area contributed by atoms with E-state index in [1.807, 2.05) is 37.3 Å². The third-order valence-corrected chi connectivity index (χ3v) is 3.79. The van der Waals surface area contributed by atoms with Crippen molar-refractivity contribution in [3.05, 3.63) is 42.0 Å². The van der Waals surface area contributed by atoms with E-state index < -0.39 is 0 Å². The van der Waals surface area contributed by atoms with Crippen molar-refractivity contribution in [2.24, 2.45) is 0 Å². The molecule has 1 N–H and O–H groups in total. The normalized spacial score (nSPS) is 12.1. The Morgan fingerprint density at radius 2 is 1.86 bits per heavy atom. The number of hydrogen-bond donors (Lipinski definition) is 1. The molecule has 0 spiro atoms. The van der Waals surface area contributed by atoms with E-state index in [2.05, 4.69) is 11.4 Å². The molecule has 4 heteroatoms. The van der Waals surface area contributed by atoms with Crippen LogP contribution in [0.3, 0.4) is 0 Å². The Morgan fingerprint density at radius 3 is 2.59 bits per heavy atom. The van der Waals surface area contributed by atoms with Gasteiger partial charge in [-0.25, -0.2) is 0 Å². The number of fused-ring (bicyclic) bond motifs is 1. The number of carbonyl (C=O) groups excluding carboxylic acids is 1. The standard InChI is InChI=1S/C18H23NO3/c1-13(18(20)19-9-4-10-21-2)14-5-6-16-12-17(22-3)8-7-15(16)11-14/h5-8,11-13H,4,9-10H2,1-3H3,(H,19,20)/t13-/m0/s1. The maximum Gasteiger partial charge on any atom is 0.227 e. The summed E-state index contributed by atoms with van der Waals surface area (Å²) in [6.45, 7) is 3.23. The molecule has 22 heavy (non-hydrogen) atoms. The molecule has 0 radical (unpaired) electrons. The highest BCUT2D eigenvalue weighted by molar-refractivity contribution is 5.88. The van der Waals surface area contributed by atoms with Crippen LogP contribution in [0.15, 0.2) is 36.4 Å². The molecule has 2 rings (SSSR count). The molecule has 2 aromatic carbocycles. The van der Waals surface area contributed by atoms with E-state index in [1.54, 1.807) is 14.2 Å². The molecule has 4 nitrogen and oxygen atoms in total. The molecule has 1 amide bonds. The molecule has 0 heterocycles. The van der Waals surface area contributed by atoms with Crippen LogP contribution in [0, 0.1) is 0 Å². The van der Waals surface area contributed by atoms with Crippen LogP contribution >= 0.6 is 0 Å². The van der Waals surface area contributed by atoms with Gasteiger partial charge in [-0.1, -0.05) is 24.3 Å². The number of rotatable bonds is 7. The van der Waals surface area contributed by atoms with Gasteiger partial charge in [-0.05, 0) is 41.8 Å². The molecule has 0 bridgehead atoms. The molecular formula is C18H23NO3. The average molecular weight is 301 g/mol. The highest BCUT2D eigenvalue weighted by atomic mass is 16.5. The van der Waals surface area contributed by atoms with Crippen molar-refractivity contribution in [2.75, 3.05) is 27.4 Å². The Hall–Kier alpha value is -2.07. The predicted molar refractivity (Wildman–Crippen MR) is 88.4 cm³/mol. The minimum absolute atomic E-state index is 0.0453. The summed E-state index contributed by atoms with van der Waals surface area (Å²) in [4.78, 5) is 12.2. The summed E-state index contributed by atoms with van der Waals surface area (Å²) >= 11 is 0. The van der Waals surface area contributed by atoms with E-state index in [1.165, 1.54) is 0 Å². The third kappa shape index (κ3) is 3.98. The monoisotopic (exact) mass is 301 g/mol. The molecule has 0 aliphatic heterocycles. The fourth-order valence-corrected chi connectivity index (χ4v) is 2.37. The molecule has 2 aromatic rings. The predicted octanol–water partition coefficient (Wildman–Crippen LogP) is 3.10. The van der Waals surface area contributed by atoms with Gasteiger partial charge in [-0.2, -0.15) is 0 Å². The number of carbonyl (C=O) groups is 1. The molecule has 0 fully saturated rings. The van der Waals surface area contributed by atoms with Gasteiger partial charge in [0, 0.05) is 20.3 Å². The van der Waals surface area contributed by atoms with Crippen molar-refractivity contribution >= 4 is 16.7 Å². The molecular weight excluding hydrogens is 278 g/mol. The summed E-state index contributed by atoms with van der Waals surface area (Å²) in [6, 6.07) is 12.0. The van der Waals surface area contributed by atoms with Crippen molar-refractivity contribution in [3.8, 4) is 5.75 Å². The van der Waals surface area contributed by atoms with Crippen molar-refractivity contribution in [1.82, 2.24) is 5.32 Å². The lowest BCUT2D eigenvalue weighted by Crippen LogP contribution is -2.29. The van der Waals surface area contributed by atoms with Gasteiger partial charge in [0.05, 0.1) is 13.0 Å². The van der Waals surface area contributed by atoms with Crippen LogP contribution in [0.1, 0.15) is 24.8 Å². The highest BCUT2D eigenvalue weighted by Crippen LogP contribution is 2.25. The number of hydrogen-bond acceptors (Lipinski definition) is 3.